The topological polar surface area (TPSA) is 29.5 Å². The van der Waals surface area contributed by atoms with Gasteiger partial charge in [0.2, 0.25) is 0 Å². The Morgan fingerprint density at radius 2 is 1.50 bits per heavy atom. The van der Waals surface area contributed by atoms with Gasteiger partial charge in [-0.3, -0.25) is 0 Å². The van der Waals surface area contributed by atoms with Crippen LogP contribution in [0.5, 0.6) is 0 Å². The van der Waals surface area contributed by atoms with Crippen molar-refractivity contribution < 1.29 is 9.84 Å². The molecule has 0 aliphatic carbocycles. The SMILES string of the molecule is CC(C)CCCCCCCOC(C)O. The monoisotopic (exact) mass is 202 g/mol. The molecule has 14 heavy (non-hydrogen) atoms. The van der Waals surface area contributed by atoms with Crippen LogP contribution in [0.3, 0.4) is 0 Å². The Balaban J connectivity index is 2.92. The molecule has 0 aromatic heterocycles. The predicted octanol–water partition coefficient (Wildman–Crippen LogP) is 3.34. The van der Waals surface area contributed by atoms with E-state index in [2.05, 4.69) is 13.8 Å². The molecule has 0 saturated carbocycles. The van der Waals surface area contributed by atoms with Crippen molar-refractivity contribution in [2.75, 3.05) is 6.61 Å². The lowest BCUT2D eigenvalue weighted by atomic mass is 10.0. The van der Waals surface area contributed by atoms with E-state index in [0.29, 0.717) is 6.61 Å². The highest BCUT2D eigenvalue weighted by atomic mass is 16.6. The quantitative estimate of drug-likeness (QED) is 0.459. The van der Waals surface area contributed by atoms with Gasteiger partial charge < -0.3 is 9.84 Å². The van der Waals surface area contributed by atoms with Gasteiger partial charge in [0.25, 0.3) is 0 Å². The van der Waals surface area contributed by atoms with Gasteiger partial charge in [-0.25, -0.2) is 0 Å². The molecule has 86 valence electrons. The maximum absolute atomic E-state index is 8.83. The third kappa shape index (κ3) is 11.9. The summed E-state index contributed by atoms with van der Waals surface area (Å²) in [5.41, 5.74) is 0. The Morgan fingerprint density at radius 3 is 2.07 bits per heavy atom. The second kappa shape index (κ2) is 9.47. The van der Waals surface area contributed by atoms with Crippen LogP contribution >= 0.6 is 0 Å². The van der Waals surface area contributed by atoms with Crippen molar-refractivity contribution in [1.82, 2.24) is 0 Å². The molecule has 2 nitrogen and oxygen atoms in total. The molecule has 0 rings (SSSR count). The van der Waals surface area contributed by atoms with Gasteiger partial charge in [-0.05, 0) is 19.3 Å². The van der Waals surface area contributed by atoms with Crippen LogP contribution in [0.25, 0.3) is 0 Å². The molecule has 0 aromatic rings. The molecule has 0 amide bonds. The summed E-state index contributed by atoms with van der Waals surface area (Å²) in [4.78, 5) is 0. The van der Waals surface area contributed by atoms with Gasteiger partial charge in [-0.1, -0.05) is 46.0 Å². The molecule has 1 unspecified atom stereocenters. The van der Waals surface area contributed by atoms with Crippen molar-refractivity contribution in [2.24, 2.45) is 5.92 Å². The Labute approximate surface area is 88.7 Å². The average molecular weight is 202 g/mol. The number of unbranched alkanes of at least 4 members (excludes halogenated alkanes) is 4. The first kappa shape index (κ1) is 13.9. The van der Waals surface area contributed by atoms with Gasteiger partial charge in [0, 0.05) is 6.61 Å². The number of aliphatic hydroxyl groups excluding tert-OH is 1. The maximum atomic E-state index is 8.83. The van der Waals surface area contributed by atoms with Crippen molar-refractivity contribution in [3.05, 3.63) is 0 Å². The minimum Gasteiger partial charge on any atom is -0.368 e. The van der Waals surface area contributed by atoms with Crippen LogP contribution in [-0.2, 0) is 4.74 Å². The van der Waals surface area contributed by atoms with Gasteiger partial charge in [0.15, 0.2) is 6.29 Å². The lowest BCUT2D eigenvalue weighted by Crippen LogP contribution is -2.07. The normalized spacial score (nSPS) is 13.5. The van der Waals surface area contributed by atoms with Crippen LogP contribution in [0.2, 0.25) is 0 Å². The van der Waals surface area contributed by atoms with E-state index < -0.39 is 6.29 Å². The van der Waals surface area contributed by atoms with E-state index in [1.165, 1.54) is 32.1 Å². The first-order valence-electron chi connectivity index (χ1n) is 5.92. The minimum atomic E-state index is -0.601. The summed E-state index contributed by atoms with van der Waals surface area (Å²) in [5, 5.41) is 8.83. The standard InChI is InChI=1S/C12H26O2/c1-11(2)9-7-5-4-6-8-10-14-12(3)13/h11-13H,4-10H2,1-3H3. The molecule has 1 atom stereocenters. The Kier molecular flexibility index (Phi) is 9.42. The molecule has 1 N–H and O–H groups in total. The summed E-state index contributed by atoms with van der Waals surface area (Å²) in [5.74, 6) is 0.841. The fraction of sp³-hybridized carbons (Fsp3) is 1.00. The van der Waals surface area contributed by atoms with E-state index in [1.807, 2.05) is 0 Å². The highest BCUT2D eigenvalue weighted by Gasteiger charge is 1.96. The van der Waals surface area contributed by atoms with E-state index in [1.54, 1.807) is 6.92 Å². The summed E-state index contributed by atoms with van der Waals surface area (Å²) < 4.78 is 5.04. The smallest absolute Gasteiger partial charge is 0.151 e. The summed E-state index contributed by atoms with van der Waals surface area (Å²) in [6, 6.07) is 0. The number of hydrogen-bond donors (Lipinski definition) is 1. The fourth-order valence-corrected chi connectivity index (χ4v) is 1.44. The zero-order chi connectivity index (χ0) is 10.8. The van der Waals surface area contributed by atoms with Crippen LogP contribution in [0.1, 0.15) is 59.3 Å². The average Bonchev–Trinajstić information content (AvgIpc) is 2.08. The Bertz CT molecular complexity index is 96.9. The molecule has 0 aliphatic rings. The van der Waals surface area contributed by atoms with Crippen molar-refractivity contribution in [1.29, 1.82) is 0 Å². The molecule has 0 heterocycles. The van der Waals surface area contributed by atoms with Crippen LogP contribution in [0.15, 0.2) is 0 Å². The van der Waals surface area contributed by atoms with Crippen molar-refractivity contribution in [3.8, 4) is 0 Å². The third-order valence-electron chi connectivity index (χ3n) is 2.28. The van der Waals surface area contributed by atoms with Gasteiger partial charge in [0.1, 0.15) is 0 Å². The molecule has 0 saturated heterocycles. The number of hydrogen-bond acceptors (Lipinski definition) is 2. The van der Waals surface area contributed by atoms with Gasteiger partial charge in [0.05, 0.1) is 0 Å². The molecule has 0 spiro atoms. The second-order valence-corrected chi connectivity index (χ2v) is 4.42. The van der Waals surface area contributed by atoms with Gasteiger partial charge in [-0.2, -0.15) is 0 Å². The highest BCUT2D eigenvalue weighted by Crippen LogP contribution is 2.10. The molecule has 0 fully saturated rings. The van der Waals surface area contributed by atoms with Crippen molar-refractivity contribution >= 4 is 0 Å². The highest BCUT2D eigenvalue weighted by molar-refractivity contribution is 4.48. The third-order valence-corrected chi connectivity index (χ3v) is 2.28. The largest absolute Gasteiger partial charge is 0.368 e. The maximum Gasteiger partial charge on any atom is 0.151 e. The summed E-state index contributed by atoms with van der Waals surface area (Å²) in [6.07, 6.45) is 7.05. The van der Waals surface area contributed by atoms with Gasteiger partial charge in [-0.15, -0.1) is 0 Å². The number of ether oxygens (including phenoxy) is 1. The van der Waals surface area contributed by atoms with E-state index >= 15 is 0 Å². The summed E-state index contributed by atoms with van der Waals surface area (Å²) >= 11 is 0. The first-order chi connectivity index (χ1) is 6.63. The van der Waals surface area contributed by atoms with E-state index in [9.17, 15) is 0 Å². The molecule has 0 aromatic carbocycles. The number of aliphatic hydroxyl groups is 1. The molecule has 0 aliphatic heterocycles. The Morgan fingerprint density at radius 1 is 0.929 bits per heavy atom. The van der Waals surface area contributed by atoms with Crippen LogP contribution in [-0.4, -0.2) is 18.0 Å². The molecule has 2 heteroatoms. The van der Waals surface area contributed by atoms with E-state index in [-0.39, 0.29) is 0 Å². The van der Waals surface area contributed by atoms with E-state index in [0.717, 1.165) is 12.3 Å². The molecule has 0 bridgehead atoms. The summed E-state index contributed by atoms with van der Waals surface area (Å²) in [6.45, 7) is 6.90. The number of rotatable bonds is 9. The minimum absolute atomic E-state index is 0.601. The lowest BCUT2D eigenvalue weighted by molar-refractivity contribution is -0.0859. The van der Waals surface area contributed by atoms with E-state index in [4.69, 9.17) is 9.84 Å². The molecule has 0 radical (unpaired) electrons. The van der Waals surface area contributed by atoms with Gasteiger partial charge >= 0.3 is 0 Å². The van der Waals surface area contributed by atoms with Crippen molar-refractivity contribution in [2.45, 2.75) is 65.6 Å². The zero-order valence-electron chi connectivity index (χ0n) is 9.96. The molecular weight excluding hydrogens is 176 g/mol. The fourth-order valence-electron chi connectivity index (χ4n) is 1.44. The van der Waals surface area contributed by atoms with Crippen LogP contribution in [0.4, 0.5) is 0 Å². The summed E-state index contributed by atoms with van der Waals surface area (Å²) in [7, 11) is 0. The van der Waals surface area contributed by atoms with Crippen LogP contribution in [0, 0.1) is 5.92 Å². The zero-order valence-corrected chi connectivity index (χ0v) is 9.96. The Hall–Kier alpha value is -0.0800. The van der Waals surface area contributed by atoms with Crippen molar-refractivity contribution in [3.63, 3.8) is 0 Å². The first-order valence-corrected chi connectivity index (χ1v) is 5.92. The lowest BCUT2D eigenvalue weighted by Gasteiger charge is -2.06. The second-order valence-electron chi connectivity index (χ2n) is 4.42. The van der Waals surface area contributed by atoms with Crippen LogP contribution < -0.4 is 0 Å². The molecular formula is C12H26O2. The predicted molar refractivity (Wildman–Crippen MR) is 60.2 cm³/mol.